The minimum Gasteiger partial charge on any atom is -0.487 e. The molecule has 2 heterocycles. The Balaban J connectivity index is 1.72. The molecular formula is C16H22BrN3O4. The monoisotopic (exact) mass is 399 g/mol. The maximum Gasteiger partial charge on any atom is 0.407 e. The zero-order chi connectivity index (χ0) is 17.7. The van der Waals surface area contributed by atoms with E-state index in [0.717, 1.165) is 11.4 Å². The zero-order valence-electron chi connectivity index (χ0n) is 14.3. The maximum absolute atomic E-state index is 11.6. The first-order valence-electron chi connectivity index (χ1n) is 7.67. The van der Waals surface area contributed by atoms with Gasteiger partial charge in [0.2, 0.25) is 0 Å². The molecule has 0 saturated heterocycles. The fraction of sp³-hybridized carbons (Fsp3) is 0.562. The van der Waals surface area contributed by atoms with Crippen molar-refractivity contribution in [3.63, 3.8) is 0 Å². The fourth-order valence-electron chi connectivity index (χ4n) is 1.97. The van der Waals surface area contributed by atoms with Gasteiger partial charge in [-0.2, -0.15) is 0 Å². The quantitative estimate of drug-likeness (QED) is 0.768. The Hall–Kier alpha value is -1.83. The summed E-state index contributed by atoms with van der Waals surface area (Å²) in [6.07, 6.45) is -0.0691. The molecule has 0 radical (unpaired) electrons. The van der Waals surface area contributed by atoms with Crippen LogP contribution in [-0.4, -0.2) is 41.6 Å². The minimum atomic E-state index is -0.524. The molecule has 0 spiro atoms. The van der Waals surface area contributed by atoms with Crippen LogP contribution in [-0.2, 0) is 9.57 Å². The number of halogens is 1. The van der Waals surface area contributed by atoms with Crippen LogP contribution in [0.1, 0.15) is 32.9 Å². The second-order valence-electron chi connectivity index (χ2n) is 6.50. The van der Waals surface area contributed by atoms with Gasteiger partial charge in [-0.15, -0.1) is 0 Å². The summed E-state index contributed by atoms with van der Waals surface area (Å²) in [4.78, 5) is 21.2. The molecular weight excluding hydrogens is 378 g/mol. The van der Waals surface area contributed by atoms with Crippen LogP contribution in [0.5, 0.6) is 5.75 Å². The number of pyridine rings is 1. The molecule has 0 aromatic carbocycles. The van der Waals surface area contributed by atoms with Crippen LogP contribution in [0.2, 0.25) is 0 Å². The van der Waals surface area contributed by atoms with E-state index in [4.69, 9.17) is 14.3 Å². The number of nitrogens with one attached hydrogen (secondary N) is 1. The zero-order valence-corrected chi connectivity index (χ0v) is 15.8. The largest absolute Gasteiger partial charge is 0.487 e. The van der Waals surface area contributed by atoms with Crippen LogP contribution in [0.25, 0.3) is 0 Å². The molecule has 7 nitrogen and oxygen atoms in total. The molecule has 24 heavy (non-hydrogen) atoms. The number of hydrogen-bond acceptors (Lipinski definition) is 6. The van der Waals surface area contributed by atoms with E-state index >= 15 is 0 Å². The Bertz CT molecular complexity index is 628. The van der Waals surface area contributed by atoms with Crippen molar-refractivity contribution in [3.05, 3.63) is 22.4 Å². The average molecular weight is 400 g/mol. The molecule has 1 unspecified atom stereocenters. The summed E-state index contributed by atoms with van der Waals surface area (Å²) in [6, 6.07) is 3.73. The third-order valence-electron chi connectivity index (χ3n) is 3.01. The number of hydrogen-bond donors (Lipinski definition) is 1. The Morgan fingerprint density at radius 2 is 2.21 bits per heavy atom. The van der Waals surface area contributed by atoms with Crippen molar-refractivity contribution in [2.45, 2.75) is 45.8 Å². The third-order valence-corrected chi connectivity index (χ3v) is 3.58. The van der Waals surface area contributed by atoms with Crippen molar-refractivity contribution < 1.29 is 19.1 Å². The van der Waals surface area contributed by atoms with Crippen LogP contribution in [0.4, 0.5) is 4.79 Å². The van der Waals surface area contributed by atoms with Crippen molar-refractivity contribution in [1.82, 2.24) is 10.3 Å². The van der Waals surface area contributed by atoms with Gasteiger partial charge in [0.15, 0.2) is 11.9 Å². The third kappa shape index (κ3) is 5.99. The number of nitrogens with zero attached hydrogens (tertiary/aromatic N) is 2. The van der Waals surface area contributed by atoms with Gasteiger partial charge in [-0.05, 0) is 55.8 Å². The number of rotatable bonds is 5. The lowest BCUT2D eigenvalue weighted by atomic mass is 10.2. The molecule has 0 saturated carbocycles. The van der Waals surface area contributed by atoms with Crippen molar-refractivity contribution in [2.24, 2.45) is 5.16 Å². The van der Waals surface area contributed by atoms with E-state index in [9.17, 15) is 4.79 Å². The SMILES string of the molecule is Cc1ccc(OCC2CC(CNC(=O)OC(C)(C)C)=NO2)c(Br)n1. The molecule has 1 amide bonds. The number of aromatic nitrogens is 1. The summed E-state index contributed by atoms with van der Waals surface area (Å²) in [5.74, 6) is 0.657. The number of aryl methyl sites for hydroxylation is 1. The van der Waals surface area contributed by atoms with Crippen LogP contribution >= 0.6 is 15.9 Å². The first-order chi connectivity index (χ1) is 11.2. The highest BCUT2D eigenvalue weighted by molar-refractivity contribution is 9.10. The normalized spacial score (nSPS) is 17.0. The van der Waals surface area contributed by atoms with Crippen molar-refractivity contribution >= 4 is 27.7 Å². The summed E-state index contributed by atoms with van der Waals surface area (Å²) >= 11 is 3.37. The van der Waals surface area contributed by atoms with E-state index in [2.05, 4.69) is 31.4 Å². The topological polar surface area (TPSA) is 82.0 Å². The van der Waals surface area contributed by atoms with Gasteiger partial charge < -0.3 is 19.6 Å². The Labute approximate surface area is 149 Å². The lowest BCUT2D eigenvalue weighted by molar-refractivity contribution is 0.0467. The van der Waals surface area contributed by atoms with Gasteiger partial charge in [0.1, 0.15) is 16.8 Å². The molecule has 132 valence electrons. The molecule has 2 rings (SSSR count). The summed E-state index contributed by atoms with van der Waals surface area (Å²) in [5.41, 5.74) is 1.13. The van der Waals surface area contributed by atoms with E-state index in [1.807, 2.05) is 39.8 Å². The molecule has 8 heteroatoms. The van der Waals surface area contributed by atoms with E-state index in [0.29, 0.717) is 29.9 Å². The number of amides is 1. The molecule has 1 atom stereocenters. The molecule has 1 N–H and O–H groups in total. The molecule has 1 aliphatic heterocycles. The predicted octanol–water partition coefficient (Wildman–Crippen LogP) is 3.20. The lowest BCUT2D eigenvalue weighted by Gasteiger charge is -2.19. The predicted molar refractivity (Wildman–Crippen MR) is 93.3 cm³/mol. The number of carbonyl (C=O) groups is 1. The van der Waals surface area contributed by atoms with Gasteiger partial charge >= 0.3 is 6.09 Å². The standard InChI is InChI=1S/C16H22BrN3O4/c1-10-5-6-13(14(17)19-10)22-9-12-7-11(20-24-12)8-18-15(21)23-16(2,3)4/h5-6,12H,7-9H2,1-4H3,(H,18,21). The molecule has 0 fully saturated rings. The Kier molecular flexibility index (Phi) is 6.04. The van der Waals surface area contributed by atoms with Gasteiger partial charge in [-0.25, -0.2) is 9.78 Å². The van der Waals surface area contributed by atoms with E-state index in [1.54, 1.807) is 0 Å². The summed E-state index contributed by atoms with van der Waals surface area (Å²) in [7, 11) is 0. The van der Waals surface area contributed by atoms with E-state index in [1.165, 1.54) is 0 Å². The highest BCUT2D eigenvalue weighted by atomic mass is 79.9. The highest BCUT2D eigenvalue weighted by Crippen LogP contribution is 2.23. The maximum atomic E-state index is 11.6. The molecule has 1 aromatic rings. The van der Waals surface area contributed by atoms with Crippen LogP contribution in [0.15, 0.2) is 21.9 Å². The lowest BCUT2D eigenvalue weighted by Crippen LogP contribution is -2.35. The molecule has 1 aromatic heterocycles. The fourth-order valence-corrected chi connectivity index (χ4v) is 2.50. The van der Waals surface area contributed by atoms with Gasteiger partial charge in [0.25, 0.3) is 0 Å². The van der Waals surface area contributed by atoms with Crippen molar-refractivity contribution in [2.75, 3.05) is 13.2 Å². The molecule has 0 bridgehead atoms. The first kappa shape index (κ1) is 18.5. The Morgan fingerprint density at radius 1 is 1.46 bits per heavy atom. The number of alkyl carbamates (subject to hydrolysis) is 1. The van der Waals surface area contributed by atoms with Crippen LogP contribution in [0, 0.1) is 6.92 Å². The number of carbonyl (C=O) groups excluding carboxylic acids is 1. The number of ether oxygens (including phenoxy) is 2. The van der Waals surface area contributed by atoms with Crippen molar-refractivity contribution in [3.8, 4) is 5.75 Å². The summed E-state index contributed by atoms with van der Waals surface area (Å²) in [5, 5.41) is 6.63. The molecule has 0 aliphatic carbocycles. The van der Waals surface area contributed by atoms with Crippen LogP contribution < -0.4 is 10.1 Å². The smallest absolute Gasteiger partial charge is 0.407 e. The summed E-state index contributed by atoms with van der Waals surface area (Å²) < 4.78 is 11.5. The second-order valence-corrected chi connectivity index (χ2v) is 7.25. The first-order valence-corrected chi connectivity index (χ1v) is 8.46. The van der Waals surface area contributed by atoms with Crippen molar-refractivity contribution in [1.29, 1.82) is 0 Å². The number of oxime groups is 1. The second kappa shape index (κ2) is 7.83. The van der Waals surface area contributed by atoms with Crippen LogP contribution in [0.3, 0.4) is 0 Å². The Morgan fingerprint density at radius 3 is 2.88 bits per heavy atom. The van der Waals surface area contributed by atoms with Gasteiger partial charge in [-0.1, -0.05) is 5.16 Å². The van der Waals surface area contributed by atoms with E-state index in [-0.39, 0.29) is 6.10 Å². The van der Waals surface area contributed by atoms with E-state index < -0.39 is 11.7 Å². The van der Waals surface area contributed by atoms with Gasteiger partial charge in [-0.3, -0.25) is 0 Å². The van der Waals surface area contributed by atoms with Gasteiger partial charge in [0.05, 0.1) is 12.3 Å². The summed E-state index contributed by atoms with van der Waals surface area (Å²) in [6.45, 7) is 7.99. The molecule has 1 aliphatic rings. The minimum absolute atomic E-state index is 0.186. The average Bonchev–Trinajstić information content (AvgIpc) is 2.90. The van der Waals surface area contributed by atoms with Gasteiger partial charge in [0, 0.05) is 12.1 Å². The highest BCUT2D eigenvalue weighted by Gasteiger charge is 2.23.